The first kappa shape index (κ1) is 26.3. The summed E-state index contributed by atoms with van der Waals surface area (Å²) < 4.78 is 118. The number of halogens is 11. The van der Waals surface area contributed by atoms with E-state index in [9.17, 15) is 44.3 Å². The minimum Gasteiger partial charge on any atom is -0.324 e. The Hall–Kier alpha value is -1.96. The van der Waals surface area contributed by atoms with Crippen LogP contribution < -0.4 is 10.9 Å². The summed E-state index contributed by atoms with van der Waals surface area (Å²) in [6.45, 7) is 1.47. The Balaban J connectivity index is 2.80. The van der Waals surface area contributed by atoms with Crippen LogP contribution in [0.5, 0.6) is 0 Å². The first-order valence-corrected chi connectivity index (χ1v) is 9.78. The number of unbranched alkanes of at least 4 members (excludes halogenated alkanes) is 1. The molecule has 0 aliphatic rings. The Labute approximate surface area is 187 Å². The van der Waals surface area contributed by atoms with Crippen molar-refractivity contribution in [3.8, 4) is 0 Å². The minimum absolute atomic E-state index is 0.184. The molecule has 15 heteroatoms. The van der Waals surface area contributed by atoms with Crippen molar-refractivity contribution in [2.24, 2.45) is 0 Å². The normalized spacial score (nSPS) is 12.9. The van der Waals surface area contributed by atoms with Gasteiger partial charge < -0.3 is 5.32 Å². The molecule has 2 aromatic rings. The quantitative estimate of drug-likeness (QED) is 0.392. The smallest absolute Gasteiger partial charge is 0.324 e. The van der Waals surface area contributed by atoms with Crippen LogP contribution in [0.4, 0.5) is 51.1 Å². The van der Waals surface area contributed by atoms with Gasteiger partial charge in [-0.05, 0) is 34.5 Å². The van der Waals surface area contributed by atoms with Gasteiger partial charge >= 0.3 is 18.5 Å². The maximum absolute atomic E-state index is 13.3. The van der Waals surface area contributed by atoms with Crippen LogP contribution in [0.3, 0.4) is 0 Å². The van der Waals surface area contributed by atoms with Gasteiger partial charge in [0.25, 0.3) is 5.56 Å². The maximum Gasteiger partial charge on any atom is 0.434 e. The van der Waals surface area contributed by atoms with Crippen molar-refractivity contribution in [3.63, 3.8) is 0 Å². The fourth-order valence-corrected chi connectivity index (χ4v) is 3.34. The third-order valence-corrected chi connectivity index (χ3v) is 5.19. The van der Waals surface area contributed by atoms with Gasteiger partial charge in [0.15, 0.2) is 5.69 Å². The highest BCUT2D eigenvalue weighted by Gasteiger charge is 2.40. The van der Waals surface area contributed by atoms with Crippen LogP contribution in [0.2, 0.25) is 5.02 Å². The van der Waals surface area contributed by atoms with Crippen LogP contribution in [0.1, 0.15) is 36.6 Å². The predicted molar refractivity (Wildman–Crippen MR) is 101 cm³/mol. The van der Waals surface area contributed by atoms with Gasteiger partial charge in [-0.2, -0.15) is 39.5 Å². The maximum atomic E-state index is 13.3. The predicted octanol–water partition coefficient (Wildman–Crippen LogP) is 7.26. The summed E-state index contributed by atoms with van der Waals surface area (Å²) in [6.07, 6.45) is -15.0. The van der Waals surface area contributed by atoms with Crippen LogP contribution in [-0.4, -0.2) is 9.55 Å². The molecule has 0 amide bonds. The molecule has 0 radical (unpaired) electrons. The average molecular weight is 561 g/mol. The molecule has 178 valence electrons. The fourth-order valence-electron chi connectivity index (χ4n) is 2.54. The van der Waals surface area contributed by atoms with E-state index < -0.39 is 62.0 Å². The zero-order valence-electron chi connectivity index (χ0n) is 15.7. The Morgan fingerprint density at radius 2 is 1.62 bits per heavy atom. The van der Waals surface area contributed by atoms with E-state index >= 15 is 0 Å². The van der Waals surface area contributed by atoms with Crippen LogP contribution in [0.15, 0.2) is 21.4 Å². The molecule has 1 N–H and O–H groups in total. The lowest BCUT2D eigenvalue weighted by Gasteiger charge is -2.20. The number of hydrogen-bond acceptors (Lipinski definition) is 3. The highest BCUT2D eigenvalue weighted by atomic mass is 79.9. The van der Waals surface area contributed by atoms with Crippen LogP contribution >= 0.6 is 27.5 Å². The van der Waals surface area contributed by atoms with Crippen molar-refractivity contribution in [1.82, 2.24) is 9.55 Å². The summed E-state index contributed by atoms with van der Waals surface area (Å²) in [5, 5.41) is 0.717. The molecule has 0 spiro atoms. The SMILES string of the molecule is CCCCn1c(Nc2cc(C(F)(F)F)cc(C(F)(F)F)c2Cl)nc(C(F)(F)F)c(Br)c1=O. The lowest BCUT2D eigenvalue weighted by Crippen LogP contribution is -2.29. The molecule has 1 heterocycles. The van der Waals surface area contributed by atoms with Gasteiger partial charge in [-0.1, -0.05) is 24.9 Å². The van der Waals surface area contributed by atoms with E-state index in [1.165, 1.54) is 0 Å². The molecule has 32 heavy (non-hydrogen) atoms. The Morgan fingerprint density at radius 1 is 1.03 bits per heavy atom. The zero-order valence-corrected chi connectivity index (χ0v) is 18.1. The molecule has 0 atom stereocenters. The average Bonchev–Trinajstić information content (AvgIpc) is 2.62. The Kier molecular flexibility index (Phi) is 7.49. The van der Waals surface area contributed by atoms with Crippen molar-refractivity contribution in [2.75, 3.05) is 5.32 Å². The first-order valence-electron chi connectivity index (χ1n) is 8.61. The molecule has 0 saturated carbocycles. The summed E-state index contributed by atoms with van der Waals surface area (Å²) in [5.74, 6) is -0.923. The minimum atomic E-state index is -5.30. The number of anilines is 2. The molecular weight excluding hydrogens is 549 g/mol. The van der Waals surface area contributed by atoms with Crippen LogP contribution in [0, 0.1) is 0 Å². The van der Waals surface area contributed by atoms with Crippen LogP contribution in [0.25, 0.3) is 0 Å². The standard InChI is InChI=1S/C17H12BrClF9N3O/c1-2-3-4-31-13(32)10(18)12(17(26,27)28)30-14(31)29-9-6-7(15(20,21)22)5-8(11(9)19)16(23,24)25/h5-6H,2-4H2,1H3,(H,29,30). The number of nitrogens with one attached hydrogen (secondary N) is 1. The molecule has 1 aromatic heterocycles. The Bertz CT molecular complexity index is 1060. The number of aromatic nitrogens is 2. The van der Waals surface area contributed by atoms with E-state index in [4.69, 9.17) is 11.6 Å². The first-order chi connectivity index (χ1) is 14.5. The summed E-state index contributed by atoms with van der Waals surface area (Å²) in [5.41, 5.74) is -7.60. The van der Waals surface area contributed by atoms with Crippen molar-refractivity contribution in [2.45, 2.75) is 44.8 Å². The van der Waals surface area contributed by atoms with E-state index in [0.717, 1.165) is 0 Å². The lowest BCUT2D eigenvalue weighted by molar-refractivity contribution is -0.143. The largest absolute Gasteiger partial charge is 0.434 e. The lowest BCUT2D eigenvalue weighted by atomic mass is 10.1. The summed E-state index contributed by atoms with van der Waals surface area (Å²) in [7, 11) is 0. The molecule has 0 bridgehead atoms. The highest BCUT2D eigenvalue weighted by molar-refractivity contribution is 9.10. The molecule has 0 saturated heterocycles. The van der Waals surface area contributed by atoms with Crippen LogP contribution in [-0.2, 0) is 25.1 Å². The second-order valence-electron chi connectivity index (χ2n) is 6.41. The van der Waals surface area contributed by atoms with Gasteiger partial charge in [0.1, 0.15) is 4.47 Å². The van der Waals surface area contributed by atoms with Gasteiger partial charge in [-0.3, -0.25) is 9.36 Å². The molecule has 1 aromatic carbocycles. The molecule has 0 unspecified atom stereocenters. The number of rotatable bonds is 5. The van der Waals surface area contributed by atoms with E-state index in [0.29, 0.717) is 11.0 Å². The van der Waals surface area contributed by atoms with E-state index in [-0.39, 0.29) is 25.1 Å². The summed E-state index contributed by atoms with van der Waals surface area (Å²) >= 11 is 8.13. The number of nitrogens with zero attached hydrogens (tertiary/aromatic N) is 2. The molecule has 0 aliphatic carbocycles. The van der Waals surface area contributed by atoms with Crippen molar-refractivity contribution in [3.05, 3.63) is 48.8 Å². The third kappa shape index (κ3) is 5.69. The van der Waals surface area contributed by atoms with Gasteiger partial charge in [-0.15, -0.1) is 0 Å². The number of benzene rings is 1. The van der Waals surface area contributed by atoms with Gasteiger partial charge in [0.2, 0.25) is 5.95 Å². The summed E-state index contributed by atoms with van der Waals surface area (Å²) in [6, 6.07) is -0.0446. The van der Waals surface area contributed by atoms with Crippen molar-refractivity contribution < 1.29 is 39.5 Å². The second-order valence-corrected chi connectivity index (χ2v) is 7.58. The third-order valence-electron chi connectivity index (χ3n) is 4.07. The molecule has 0 aliphatic heterocycles. The van der Waals surface area contributed by atoms with Crippen molar-refractivity contribution >= 4 is 39.2 Å². The van der Waals surface area contributed by atoms with Gasteiger partial charge in [-0.25, -0.2) is 4.98 Å². The molecule has 0 fully saturated rings. The van der Waals surface area contributed by atoms with Crippen molar-refractivity contribution in [1.29, 1.82) is 0 Å². The van der Waals surface area contributed by atoms with E-state index in [2.05, 4.69) is 20.9 Å². The molecule has 4 nitrogen and oxygen atoms in total. The highest BCUT2D eigenvalue weighted by Crippen LogP contribution is 2.43. The molecule has 2 rings (SSSR count). The zero-order chi connectivity index (χ0) is 24.6. The second kappa shape index (κ2) is 9.12. The van der Waals surface area contributed by atoms with E-state index in [1.54, 1.807) is 6.92 Å². The topological polar surface area (TPSA) is 46.9 Å². The fraction of sp³-hybridized carbons (Fsp3) is 0.412. The van der Waals surface area contributed by atoms with Gasteiger partial charge in [0.05, 0.1) is 21.8 Å². The number of alkyl halides is 9. The monoisotopic (exact) mass is 559 g/mol. The Morgan fingerprint density at radius 3 is 2.09 bits per heavy atom. The van der Waals surface area contributed by atoms with Gasteiger partial charge in [0, 0.05) is 6.54 Å². The molecular formula is C17H12BrClF9N3O. The van der Waals surface area contributed by atoms with E-state index in [1.807, 2.05) is 5.32 Å². The number of hydrogen-bond donors (Lipinski definition) is 1. The summed E-state index contributed by atoms with van der Waals surface area (Å²) in [4.78, 5) is 15.7.